The maximum Gasteiger partial charge on any atom is 0.146 e. The number of aliphatic hydroxyl groups excluding tert-OH is 1. The molecule has 1 aliphatic rings. The van der Waals surface area contributed by atoms with Crippen LogP contribution >= 0.6 is 0 Å². The van der Waals surface area contributed by atoms with Gasteiger partial charge in [-0.1, -0.05) is 6.42 Å². The topological polar surface area (TPSA) is 54.2 Å². The summed E-state index contributed by atoms with van der Waals surface area (Å²) in [6, 6.07) is 0.482. The summed E-state index contributed by atoms with van der Waals surface area (Å²) in [4.78, 5) is 2.44. The van der Waals surface area contributed by atoms with Gasteiger partial charge in [0.25, 0.3) is 0 Å². The van der Waals surface area contributed by atoms with Crippen molar-refractivity contribution in [3.63, 3.8) is 0 Å². The van der Waals surface area contributed by atoms with E-state index in [1.807, 2.05) is 25.5 Å². The van der Waals surface area contributed by atoms with Gasteiger partial charge in [0.15, 0.2) is 0 Å². The smallest absolute Gasteiger partial charge is 0.146 e. The zero-order chi connectivity index (χ0) is 13.1. The van der Waals surface area contributed by atoms with Crippen molar-refractivity contribution >= 4 is 0 Å². The Balaban J connectivity index is 2.03. The van der Waals surface area contributed by atoms with E-state index in [9.17, 15) is 5.11 Å². The predicted molar refractivity (Wildman–Crippen MR) is 70.1 cm³/mol. The molecule has 0 aliphatic carbocycles. The number of hydrogen-bond donors (Lipinski definition) is 1. The molecule has 0 spiro atoms. The van der Waals surface area contributed by atoms with Crippen LogP contribution in [0.2, 0.25) is 0 Å². The summed E-state index contributed by atoms with van der Waals surface area (Å²) in [6.45, 7) is 5.79. The van der Waals surface area contributed by atoms with E-state index in [0.717, 1.165) is 31.2 Å². The average molecular weight is 252 g/mol. The van der Waals surface area contributed by atoms with Gasteiger partial charge < -0.3 is 9.67 Å². The molecule has 0 bridgehead atoms. The Morgan fingerprint density at radius 2 is 2.17 bits per heavy atom. The molecule has 2 atom stereocenters. The molecule has 1 saturated heterocycles. The van der Waals surface area contributed by atoms with Gasteiger partial charge in [0.2, 0.25) is 0 Å². The first-order chi connectivity index (χ1) is 8.58. The number of aliphatic hydroxyl groups is 1. The van der Waals surface area contributed by atoms with Crippen LogP contribution in [0.1, 0.15) is 44.3 Å². The zero-order valence-corrected chi connectivity index (χ0v) is 11.6. The lowest BCUT2D eigenvalue weighted by molar-refractivity contribution is 0.0792. The van der Waals surface area contributed by atoms with Crippen LogP contribution in [-0.2, 0) is 13.6 Å². The van der Waals surface area contributed by atoms with Crippen LogP contribution in [0.5, 0.6) is 0 Å². The fourth-order valence-electron chi connectivity index (χ4n) is 2.70. The molecule has 2 unspecified atom stereocenters. The fourth-order valence-corrected chi connectivity index (χ4v) is 2.70. The third kappa shape index (κ3) is 3.09. The van der Waals surface area contributed by atoms with Crippen molar-refractivity contribution in [3.05, 3.63) is 11.6 Å². The lowest BCUT2D eigenvalue weighted by Crippen LogP contribution is -2.41. The first-order valence-electron chi connectivity index (χ1n) is 6.85. The van der Waals surface area contributed by atoms with Crippen molar-refractivity contribution < 1.29 is 5.11 Å². The molecular formula is C13H24N4O. The molecule has 1 N–H and O–H groups in total. The number of likely N-dealkylation sites (tertiary alicyclic amines) is 1. The molecule has 1 aromatic heterocycles. The number of aryl methyl sites for hydroxylation is 1. The fraction of sp³-hybridized carbons (Fsp3) is 0.846. The van der Waals surface area contributed by atoms with E-state index < -0.39 is 0 Å². The number of aromatic nitrogens is 3. The van der Waals surface area contributed by atoms with E-state index in [4.69, 9.17) is 0 Å². The molecule has 0 saturated carbocycles. The van der Waals surface area contributed by atoms with Crippen molar-refractivity contribution in [1.82, 2.24) is 19.7 Å². The van der Waals surface area contributed by atoms with Crippen molar-refractivity contribution in [2.75, 3.05) is 6.54 Å². The summed E-state index contributed by atoms with van der Waals surface area (Å²) < 4.78 is 2.05. The summed E-state index contributed by atoms with van der Waals surface area (Å²) in [5.74, 6) is 1.97. The monoisotopic (exact) mass is 252 g/mol. The van der Waals surface area contributed by atoms with Crippen LogP contribution in [-0.4, -0.2) is 43.5 Å². The van der Waals surface area contributed by atoms with E-state index in [-0.39, 0.29) is 6.10 Å². The molecule has 18 heavy (non-hydrogen) atoms. The van der Waals surface area contributed by atoms with Gasteiger partial charge in [0.05, 0.1) is 12.6 Å². The molecule has 0 amide bonds. The molecule has 2 heterocycles. The predicted octanol–water partition coefficient (Wildman–Crippen LogP) is 1.25. The van der Waals surface area contributed by atoms with Crippen molar-refractivity contribution in [1.29, 1.82) is 0 Å². The normalized spacial score (nSPS) is 23.2. The second kappa shape index (κ2) is 5.80. The van der Waals surface area contributed by atoms with Crippen LogP contribution in [0.25, 0.3) is 0 Å². The third-order valence-corrected chi connectivity index (χ3v) is 3.89. The largest absolute Gasteiger partial charge is 0.393 e. The Bertz CT molecular complexity index is 388. The van der Waals surface area contributed by atoms with E-state index in [1.165, 1.54) is 19.3 Å². The van der Waals surface area contributed by atoms with Gasteiger partial charge in [-0.3, -0.25) is 4.90 Å². The van der Waals surface area contributed by atoms with E-state index >= 15 is 0 Å². The molecule has 1 fully saturated rings. The molecule has 2 rings (SSSR count). The SMILES string of the molecule is Cc1nnc(CN2CCCCC2CC(C)O)n1C. The first kappa shape index (κ1) is 13.5. The molecule has 5 heteroatoms. The Labute approximate surface area is 109 Å². The maximum absolute atomic E-state index is 9.59. The summed E-state index contributed by atoms with van der Waals surface area (Å²) >= 11 is 0. The maximum atomic E-state index is 9.59. The second-order valence-corrected chi connectivity index (χ2v) is 5.43. The third-order valence-electron chi connectivity index (χ3n) is 3.89. The van der Waals surface area contributed by atoms with Gasteiger partial charge in [-0.25, -0.2) is 0 Å². The summed E-state index contributed by atoms with van der Waals surface area (Å²) in [5.41, 5.74) is 0. The minimum absolute atomic E-state index is 0.225. The van der Waals surface area contributed by atoms with Gasteiger partial charge in [-0.15, -0.1) is 10.2 Å². The van der Waals surface area contributed by atoms with E-state index in [0.29, 0.717) is 6.04 Å². The molecule has 1 aromatic rings. The highest BCUT2D eigenvalue weighted by molar-refractivity contribution is 4.94. The van der Waals surface area contributed by atoms with Gasteiger partial charge in [0, 0.05) is 13.1 Å². The van der Waals surface area contributed by atoms with Gasteiger partial charge in [-0.05, 0) is 39.7 Å². The highest BCUT2D eigenvalue weighted by Crippen LogP contribution is 2.22. The second-order valence-electron chi connectivity index (χ2n) is 5.43. The zero-order valence-electron chi connectivity index (χ0n) is 11.6. The van der Waals surface area contributed by atoms with Gasteiger partial charge in [-0.2, -0.15) is 0 Å². The van der Waals surface area contributed by atoms with Gasteiger partial charge in [0.1, 0.15) is 11.6 Å². The number of hydrogen-bond acceptors (Lipinski definition) is 4. The number of nitrogens with zero attached hydrogens (tertiary/aromatic N) is 4. The summed E-state index contributed by atoms with van der Waals surface area (Å²) in [5, 5.41) is 17.9. The van der Waals surface area contributed by atoms with Crippen molar-refractivity contribution in [3.8, 4) is 0 Å². The Hall–Kier alpha value is -0.940. The molecule has 0 radical (unpaired) electrons. The Morgan fingerprint density at radius 3 is 2.78 bits per heavy atom. The molecular weight excluding hydrogens is 228 g/mol. The van der Waals surface area contributed by atoms with E-state index in [1.54, 1.807) is 0 Å². The van der Waals surface area contributed by atoms with Crippen LogP contribution in [0.3, 0.4) is 0 Å². The average Bonchev–Trinajstić information content (AvgIpc) is 2.63. The molecule has 1 aliphatic heterocycles. The minimum atomic E-state index is -0.225. The molecule has 102 valence electrons. The summed E-state index contributed by atoms with van der Waals surface area (Å²) in [6.07, 6.45) is 4.33. The van der Waals surface area contributed by atoms with Crippen LogP contribution in [0, 0.1) is 6.92 Å². The lowest BCUT2D eigenvalue weighted by atomic mass is 9.97. The Morgan fingerprint density at radius 1 is 1.39 bits per heavy atom. The Kier molecular flexibility index (Phi) is 4.35. The highest BCUT2D eigenvalue weighted by atomic mass is 16.3. The standard InChI is InChI=1S/C13H24N4O/c1-10(18)8-12-6-4-5-7-17(12)9-13-15-14-11(2)16(13)3/h10,12,18H,4-9H2,1-3H3. The quantitative estimate of drug-likeness (QED) is 0.876. The minimum Gasteiger partial charge on any atom is -0.393 e. The van der Waals surface area contributed by atoms with E-state index in [2.05, 4.69) is 15.1 Å². The van der Waals surface area contributed by atoms with Crippen molar-refractivity contribution in [2.24, 2.45) is 7.05 Å². The number of piperidine rings is 1. The molecule has 0 aromatic carbocycles. The van der Waals surface area contributed by atoms with Crippen LogP contribution in [0.4, 0.5) is 0 Å². The van der Waals surface area contributed by atoms with Crippen molar-refractivity contribution in [2.45, 2.75) is 58.2 Å². The lowest BCUT2D eigenvalue weighted by Gasteiger charge is -2.36. The first-order valence-corrected chi connectivity index (χ1v) is 6.85. The highest BCUT2D eigenvalue weighted by Gasteiger charge is 2.25. The van der Waals surface area contributed by atoms with Crippen LogP contribution in [0.15, 0.2) is 0 Å². The molecule has 5 nitrogen and oxygen atoms in total. The number of rotatable bonds is 4. The summed E-state index contributed by atoms with van der Waals surface area (Å²) in [7, 11) is 2.01. The van der Waals surface area contributed by atoms with Crippen LogP contribution < -0.4 is 0 Å². The van der Waals surface area contributed by atoms with Gasteiger partial charge >= 0.3 is 0 Å².